The maximum Gasteiger partial charge on any atom is 0.319 e. The van der Waals surface area contributed by atoms with Gasteiger partial charge in [-0.1, -0.05) is 30.3 Å². The number of hydrogen-bond donors (Lipinski definition) is 1. The number of rotatable bonds is 4. The van der Waals surface area contributed by atoms with Gasteiger partial charge in [0.2, 0.25) is 11.8 Å². The molecular weight excluding hydrogens is 320 g/mol. The molecule has 1 aromatic rings. The Bertz CT molecular complexity index is 687. The summed E-state index contributed by atoms with van der Waals surface area (Å²) in [7, 11) is 0. The lowest BCUT2D eigenvalue weighted by molar-refractivity contribution is -0.155. The minimum absolute atomic E-state index is 0.0326. The molecule has 1 heterocycles. The number of carbonyl (C=O) groups excluding carboxylic acids is 2. The van der Waals surface area contributed by atoms with E-state index in [2.05, 4.69) is 0 Å². The van der Waals surface area contributed by atoms with Crippen LogP contribution in [-0.4, -0.2) is 58.9 Å². The molecule has 2 fully saturated rings. The van der Waals surface area contributed by atoms with E-state index in [1.54, 1.807) is 9.80 Å². The molecule has 0 spiro atoms. The number of carbonyl (C=O) groups is 3. The normalized spacial score (nSPS) is 19.4. The summed E-state index contributed by atoms with van der Waals surface area (Å²) in [6.45, 7) is 5.49. The predicted molar refractivity (Wildman–Crippen MR) is 91.9 cm³/mol. The quantitative estimate of drug-likeness (QED) is 0.840. The lowest BCUT2D eigenvalue weighted by atomic mass is 9.83. The highest BCUT2D eigenvalue weighted by Crippen LogP contribution is 2.47. The van der Waals surface area contributed by atoms with Gasteiger partial charge >= 0.3 is 5.97 Å². The van der Waals surface area contributed by atoms with Crippen LogP contribution in [-0.2, 0) is 19.8 Å². The van der Waals surface area contributed by atoms with Crippen molar-refractivity contribution in [1.82, 2.24) is 9.80 Å². The van der Waals surface area contributed by atoms with E-state index < -0.39 is 16.8 Å². The first-order valence-corrected chi connectivity index (χ1v) is 8.67. The molecule has 1 N–H and O–H groups in total. The molecular formula is C19H24N2O4. The van der Waals surface area contributed by atoms with Crippen LogP contribution in [0.5, 0.6) is 0 Å². The SMILES string of the molecule is CC(C)(C(=O)N1CCN(C(=O)C2(C(=O)O)CC2)CC1)c1ccccc1. The maximum atomic E-state index is 12.9. The third-order valence-electron chi connectivity index (χ3n) is 5.45. The van der Waals surface area contributed by atoms with E-state index >= 15 is 0 Å². The van der Waals surface area contributed by atoms with Crippen LogP contribution < -0.4 is 0 Å². The fourth-order valence-electron chi connectivity index (χ4n) is 3.43. The fourth-order valence-corrected chi connectivity index (χ4v) is 3.43. The first-order valence-electron chi connectivity index (χ1n) is 8.67. The van der Waals surface area contributed by atoms with E-state index in [1.807, 2.05) is 44.2 Å². The standard InChI is InChI=1S/C19H24N2O4/c1-18(2,14-6-4-3-5-7-14)15(22)20-10-12-21(13-11-20)16(23)19(8-9-19)17(24)25/h3-7H,8-13H2,1-2H3,(H,24,25). The van der Waals surface area contributed by atoms with Crippen molar-refractivity contribution in [3.63, 3.8) is 0 Å². The smallest absolute Gasteiger partial charge is 0.319 e. The van der Waals surface area contributed by atoms with Crippen molar-refractivity contribution in [2.24, 2.45) is 5.41 Å². The number of amides is 2. The van der Waals surface area contributed by atoms with Crippen LogP contribution in [0.4, 0.5) is 0 Å². The summed E-state index contributed by atoms with van der Waals surface area (Å²) in [5.41, 5.74) is -0.872. The molecule has 134 valence electrons. The van der Waals surface area contributed by atoms with Gasteiger partial charge in [-0.15, -0.1) is 0 Å². The van der Waals surface area contributed by atoms with Gasteiger partial charge in [-0.05, 0) is 32.3 Å². The Balaban J connectivity index is 1.63. The molecule has 1 saturated heterocycles. The van der Waals surface area contributed by atoms with Crippen molar-refractivity contribution in [2.45, 2.75) is 32.1 Å². The molecule has 1 aliphatic carbocycles. The summed E-state index contributed by atoms with van der Waals surface area (Å²) in [5.74, 6) is -1.29. The van der Waals surface area contributed by atoms with Crippen molar-refractivity contribution >= 4 is 17.8 Å². The fraction of sp³-hybridized carbons (Fsp3) is 0.526. The Morgan fingerprint density at radius 1 is 0.960 bits per heavy atom. The highest BCUT2D eigenvalue weighted by molar-refractivity contribution is 6.05. The first-order chi connectivity index (χ1) is 11.8. The van der Waals surface area contributed by atoms with Crippen molar-refractivity contribution < 1.29 is 19.5 Å². The Morgan fingerprint density at radius 2 is 1.48 bits per heavy atom. The Hall–Kier alpha value is -2.37. The van der Waals surface area contributed by atoms with Gasteiger partial charge in [0.1, 0.15) is 5.41 Å². The lowest BCUT2D eigenvalue weighted by Crippen LogP contribution is -2.56. The monoisotopic (exact) mass is 344 g/mol. The third kappa shape index (κ3) is 3.01. The van der Waals surface area contributed by atoms with E-state index in [0.717, 1.165) is 5.56 Å². The van der Waals surface area contributed by atoms with Crippen molar-refractivity contribution in [3.8, 4) is 0 Å². The average Bonchev–Trinajstić information content (AvgIpc) is 3.43. The summed E-state index contributed by atoms with van der Waals surface area (Å²) in [5, 5.41) is 9.27. The highest BCUT2D eigenvalue weighted by atomic mass is 16.4. The summed E-state index contributed by atoms with van der Waals surface area (Å²) < 4.78 is 0. The molecule has 3 rings (SSSR count). The lowest BCUT2D eigenvalue weighted by Gasteiger charge is -2.39. The van der Waals surface area contributed by atoms with Crippen LogP contribution in [0.2, 0.25) is 0 Å². The topological polar surface area (TPSA) is 77.9 Å². The maximum absolute atomic E-state index is 12.9. The van der Waals surface area contributed by atoms with Crippen molar-refractivity contribution in [2.75, 3.05) is 26.2 Å². The molecule has 0 unspecified atom stereocenters. The van der Waals surface area contributed by atoms with Crippen molar-refractivity contribution in [3.05, 3.63) is 35.9 Å². The molecule has 2 aliphatic rings. The van der Waals surface area contributed by atoms with Gasteiger partial charge in [0.25, 0.3) is 0 Å². The van der Waals surface area contributed by atoms with Gasteiger partial charge in [0, 0.05) is 26.2 Å². The van der Waals surface area contributed by atoms with Crippen LogP contribution >= 0.6 is 0 Å². The molecule has 2 amide bonds. The number of hydrogen-bond acceptors (Lipinski definition) is 3. The molecule has 0 radical (unpaired) electrons. The third-order valence-corrected chi connectivity index (χ3v) is 5.45. The Kier molecular flexibility index (Phi) is 4.31. The van der Waals surface area contributed by atoms with Crippen molar-refractivity contribution in [1.29, 1.82) is 0 Å². The molecule has 1 aliphatic heterocycles. The van der Waals surface area contributed by atoms with Gasteiger partial charge in [-0.25, -0.2) is 0 Å². The number of nitrogens with zero attached hydrogens (tertiary/aromatic N) is 2. The van der Waals surface area contributed by atoms with Crippen LogP contribution in [0.3, 0.4) is 0 Å². The van der Waals surface area contributed by atoms with Gasteiger partial charge in [0.05, 0.1) is 5.41 Å². The van der Waals surface area contributed by atoms with Gasteiger partial charge in [-0.3, -0.25) is 14.4 Å². The zero-order valence-corrected chi connectivity index (χ0v) is 14.7. The second-order valence-corrected chi connectivity index (χ2v) is 7.46. The van der Waals surface area contributed by atoms with Crippen LogP contribution in [0, 0.1) is 5.41 Å². The molecule has 1 aromatic carbocycles. The van der Waals surface area contributed by atoms with E-state index in [1.165, 1.54) is 0 Å². The van der Waals surface area contributed by atoms with E-state index in [-0.39, 0.29) is 11.8 Å². The van der Waals surface area contributed by atoms with Crippen LogP contribution in [0.1, 0.15) is 32.3 Å². The van der Waals surface area contributed by atoms with Crippen LogP contribution in [0.25, 0.3) is 0 Å². The predicted octanol–water partition coefficient (Wildman–Crippen LogP) is 1.50. The van der Waals surface area contributed by atoms with E-state index in [4.69, 9.17) is 0 Å². The minimum atomic E-state index is -1.20. The van der Waals surface area contributed by atoms with E-state index in [9.17, 15) is 19.5 Å². The number of aliphatic carboxylic acids is 1. The highest BCUT2D eigenvalue weighted by Gasteiger charge is 2.58. The molecule has 0 bridgehead atoms. The Labute approximate surface area is 147 Å². The van der Waals surface area contributed by atoms with Gasteiger partial charge in [-0.2, -0.15) is 0 Å². The molecule has 6 nitrogen and oxygen atoms in total. The average molecular weight is 344 g/mol. The zero-order valence-electron chi connectivity index (χ0n) is 14.7. The largest absolute Gasteiger partial charge is 0.480 e. The second kappa shape index (κ2) is 6.17. The second-order valence-electron chi connectivity index (χ2n) is 7.46. The summed E-state index contributed by atoms with van der Waals surface area (Å²) >= 11 is 0. The number of benzene rings is 1. The number of carboxylic acids is 1. The zero-order chi connectivity index (χ0) is 18.2. The summed E-state index contributed by atoms with van der Waals surface area (Å²) in [6.07, 6.45) is 0.836. The molecule has 1 saturated carbocycles. The van der Waals surface area contributed by atoms with E-state index in [0.29, 0.717) is 39.0 Å². The number of piperazine rings is 1. The molecule has 0 atom stereocenters. The first kappa shape index (κ1) is 17.5. The summed E-state index contributed by atoms with van der Waals surface area (Å²) in [4.78, 5) is 40.1. The number of carboxylic acid groups (broad SMARTS) is 1. The molecule has 6 heteroatoms. The van der Waals surface area contributed by atoms with Gasteiger partial charge < -0.3 is 14.9 Å². The van der Waals surface area contributed by atoms with Gasteiger partial charge in [0.15, 0.2) is 0 Å². The Morgan fingerprint density at radius 3 is 1.96 bits per heavy atom. The van der Waals surface area contributed by atoms with Crippen LogP contribution in [0.15, 0.2) is 30.3 Å². The summed E-state index contributed by atoms with van der Waals surface area (Å²) in [6, 6.07) is 9.65. The molecule has 0 aromatic heterocycles. The molecule has 25 heavy (non-hydrogen) atoms. The minimum Gasteiger partial charge on any atom is -0.480 e.